The highest BCUT2D eigenvalue weighted by atomic mass is 79.9. The van der Waals surface area contributed by atoms with Gasteiger partial charge in [-0.25, -0.2) is 4.39 Å². The Labute approximate surface area is 104 Å². The number of hydrogen-bond acceptors (Lipinski definition) is 1. The van der Waals surface area contributed by atoms with Gasteiger partial charge in [-0.1, -0.05) is 0 Å². The van der Waals surface area contributed by atoms with Crippen molar-refractivity contribution >= 4 is 43.5 Å². The Hall–Kier alpha value is 0.200. The molecular formula is C9H8Br2ClFO. The van der Waals surface area contributed by atoms with Crippen molar-refractivity contribution in [1.29, 1.82) is 0 Å². The third-order valence-corrected chi connectivity index (χ3v) is 3.02. The second-order valence-electron chi connectivity index (χ2n) is 2.56. The van der Waals surface area contributed by atoms with Gasteiger partial charge in [0.1, 0.15) is 19.0 Å². The average molecular weight is 346 g/mol. The molecule has 14 heavy (non-hydrogen) atoms. The fourth-order valence-electron chi connectivity index (χ4n) is 0.968. The van der Waals surface area contributed by atoms with Crippen LogP contribution in [-0.2, 0) is 5.88 Å². The normalized spacial score (nSPS) is 10.3. The van der Waals surface area contributed by atoms with Crippen molar-refractivity contribution in [2.24, 2.45) is 0 Å². The summed E-state index contributed by atoms with van der Waals surface area (Å²) in [6, 6.07) is 3.71. The molecule has 1 nitrogen and oxygen atoms in total. The summed E-state index contributed by atoms with van der Waals surface area (Å²) in [5.41, 5.74) is 0.970. The second-order valence-corrected chi connectivity index (χ2v) is 4.54. The average Bonchev–Trinajstić information content (AvgIpc) is 2.16. The molecule has 0 aliphatic rings. The largest absolute Gasteiger partial charge is 0.488 e. The fourth-order valence-corrected chi connectivity index (χ4v) is 2.63. The van der Waals surface area contributed by atoms with E-state index in [-0.39, 0.29) is 6.61 Å². The van der Waals surface area contributed by atoms with Crippen LogP contribution in [-0.4, -0.2) is 13.3 Å². The lowest BCUT2D eigenvalue weighted by molar-refractivity contribution is 0.270. The lowest BCUT2D eigenvalue weighted by Gasteiger charge is -2.09. The molecule has 0 N–H and O–H groups in total. The smallest absolute Gasteiger partial charge is 0.147 e. The second kappa shape index (κ2) is 5.93. The summed E-state index contributed by atoms with van der Waals surface area (Å²) in [7, 11) is 0. The monoisotopic (exact) mass is 344 g/mol. The summed E-state index contributed by atoms with van der Waals surface area (Å²) >= 11 is 12.4. The molecule has 78 valence electrons. The Morgan fingerprint density at radius 3 is 2.29 bits per heavy atom. The van der Waals surface area contributed by atoms with Crippen molar-refractivity contribution in [2.45, 2.75) is 5.88 Å². The zero-order valence-corrected chi connectivity index (χ0v) is 11.1. The van der Waals surface area contributed by atoms with E-state index in [4.69, 9.17) is 16.3 Å². The molecule has 0 fully saturated rings. The molecule has 0 radical (unpaired) electrons. The molecule has 0 aromatic heterocycles. The molecule has 0 aliphatic carbocycles. The van der Waals surface area contributed by atoms with E-state index in [1.165, 1.54) is 0 Å². The highest BCUT2D eigenvalue weighted by molar-refractivity contribution is 9.11. The Morgan fingerprint density at radius 2 is 1.86 bits per heavy atom. The summed E-state index contributed by atoms with van der Waals surface area (Å²) in [6.45, 7) is -0.451. The topological polar surface area (TPSA) is 9.23 Å². The van der Waals surface area contributed by atoms with Crippen LogP contribution in [0.5, 0.6) is 5.75 Å². The molecule has 1 aromatic carbocycles. The maximum atomic E-state index is 11.9. The Kier molecular flexibility index (Phi) is 5.20. The van der Waals surface area contributed by atoms with Crippen LogP contribution in [0.25, 0.3) is 0 Å². The molecule has 0 aliphatic heterocycles. The first-order valence-corrected chi connectivity index (χ1v) is 6.03. The zero-order chi connectivity index (χ0) is 10.6. The molecule has 0 spiro atoms. The molecule has 0 saturated heterocycles. The Morgan fingerprint density at radius 1 is 1.29 bits per heavy atom. The Bertz CT molecular complexity index is 297. The van der Waals surface area contributed by atoms with Crippen LogP contribution < -0.4 is 4.74 Å². The van der Waals surface area contributed by atoms with E-state index in [1.807, 2.05) is 12.1 Å². The van der Waals surface area contributed by atoms with E-state index < -0.39 is 6.67 Å². The predicted molar refractivity (Wildman–Crippen MR) is 62.9 cm³/mol. The molecule has 1 rings (SSSR count). The maximum Gasteiger partial charge on any atom is 0.147 e. The van der Waals surface area contributed by atoms with Crippen molar-refractivity contribution < 1.29 is 9.13 Å². The van der Waals surface area contributed by atoms with Crippen LogP contribution in [0, 0.1) is 0 Å². The minimum atomic E-state index is -0.504. The first kappa shape index (κ1) is 12.3. The number of alkyl halides is 2. The third-order valence-electron chi connectivity index (χ3n) is 1.54. The van der Waals surface area contributed by atoms with Gasteiger partial charge < -0.3 is 4.74 Å². The van der Waals surface area contributed by atoms with E-state index in [0.29, 0.717) is 11.6 Å². The summed E-state index contributed by atoms with van der Waals surface area (Å²) in [6.07, 6.45) is 0. The first-order chi connectivity index (χ1) is 6.69. The van der Waals surface area contributed by atoms with Crippen molar-refractivity contribution in [2.75, 3.05) is 13.3 Å². The van der Waals surface area contributed by atoms with Gasteiger partial charge in [-0.15, -0.1) is 11.6 Å². The fraction of sp³-hybridized carbons (Fsp3) is 0.333. The summed E-state index contributed by atoms with van der Waals surface area (Å²) in [5, 5.41) is 0. The molecular weight excluding hydrogens is 338 g/mol. The van der Waals surface area contributed by atoms with E-state index >= 15 is 0 Å². The molecule has 0 saturated carbocycles. The van der Waals surface area contributed by atoms with Gasteiger partial charge in [0.05, 0.1) is 8.95 Å². The van der Waals surface area contributed by atoms with Gasteiger partial charge in [-0.05, 0) is 49.6 Å². The first-order valence-electron chi connectivity index (χ1n) is 3.91. The third kappa shape index (κ3) is 3.11. The van der Waals surface area contributed by atoms with Crippen molar-refractivity contribution in [3.63, 3.8) is 0 Å². The Balaban J connectivity index is 2.93. The quantitative estimate of drug-likeness (QED) is 0.739. The van der Waals surface area contributed by atoms with Gasteiger partial charge in [0.2, 0.25) is 0 Å². The van der Waals surface area contributed by atoms with Gasteiger partial charge in [0, 0.05) is 5.88 Å². The van der Waals surface area contributed by atoms with E-state index in [1.54, 1.807) is 0 Å². The molecule has 1 aromatic rings. The van der Waals surface area contributed by atoms with Crippen molar-refractivity contribution in [1.82, 2.24) is 0 Å². The number of rotatable bonds is 4. The van der Waals surface area contributed by atoms with Crippen molar-refractivity contribution in [3.05, 3.63) is 26.6 Å². The maximum absolute atomic E-state index is 11.9. The lowest BCUT2D eigenvalue weighted by Crippen LogP contribution is -2.00. The molecule has 0 bridgehead atoms. The van der Waals surface area contributed by atoms with Crippen LogP contribution in [0.4, 0.5) is 4.39 Å². The van der Waals surface area contributed by atoms with Crippen LogP contribution in [0.2, 0.25) is 0 Å². The van der Waals surface area contributed by atoms with Gasteiger partial charge in [-0.3, -0.25) is 0 Å². The minimum Gasteiger partial charge on any atom is -0.488 e. The molecule has 0 amide bonds. The molecule has 0 heterocycles. The predicted octanol–water partition coefficient (Wildman–Crippen LogP) is 4.30. The summed E-state index contributed by atoms with van der Waals surface area (Å²) in [4.78, 5) is 0. The highest BCUT2D eigenvalue weighted by Gasteiger charge is 2.08. The van der Waals surface area contributed by atoms with Gasteiger partial charge >= 0.3 is 0 Å². The van der Waals surface area contributed by atoms with Gasteiger partial charge in [-0.2, -0.15) is 0 Å². The SMILES string of the molecule is FCCOc1c(Br)cc(CCl)cc1Br. The van der Waals surface area contributed by atoms with Crippen LogP contribution in [0.15, 0.2) is 21.1 Å². The van der Waals surface area contributed by atoms with Crippen LogP contribution in [0.1, 0.15) is 5.56 Å². The summed E-state index contributed by atoms with van der Waals surface area (Å²) < 4.78 is 18.7. The number of halogens is 4. The van der Waals surface area contributed by atoms with Gasteiger partial charge in [0.15, 0.2) is 0 Å². The summed E-state index contributed by atoms with van der Waals surface area (Å²) in [5.74, 6) is 1.04. The van der Waals surface area contributed by atoms with E-state index in [0.717, 1.165) is 14.5 Å². The standard InChI is InChI=1S/C9H8Br2ClFO/c10-7-3-6(5-12)4-8(11)9(7)14-2-1-13/h3-4H,1-2,5H2. The number of ether oxygens (including phenoxy) is 1. The highest BCUT2D eigenvalue weighted by Crippen LogP contribution is 2.35. The lowest BCUT2D eigenvalue weighted by atomic mass is 10.2. The minimum absolute atomic E-state index is 0.0530. The van der Waals surface area contributed by atoms with Crippen molar-refractivity contribution in [3.8, 4) is 5.75 Å². The zero-order valence-electron chi connectivity index (χ0n) is 7.20. The van der Waals surface area contributed by atoms with Crippen LogP contribution in [0.3, 0.4) is 0 Å². The number of hydrogen-bond donors (Lipinski definition) is 0. The van der Waals surface area contributed by atoms with E-state index in [2.05, 4.69) is 31.9 Å². The van der Waals surface area contributed by atoms with Crippen LogP contribution >= 0.6 is 43.5 Å². The molecule has 0 unspecified atom stereocenters. The van der Waals surface area contributed by atoms with E-state index in [9.17, 15) is 4.39 Å². The number of benzene rings is 1. The van der Waals surface area contributed by atoms with Gasteiger partial charge in [0.25, 0.3) is 0 Å². The molecule has 0 atom stereocenters. The molecule has 5 heteroatoms.